The normalized spacial score (nSPS) is 12.3. The van der Waals surface area contributed by atoms with Gasteiger partial charge in [0.1, 0.15) is 28.0 Å². The van der Waals surface area contributed by atoms with Gasteiger partial charge >= 0.3 is 0 Å². The quantitative estimate of drug-likeness (QED) is 0.187. The third-order valence-corrected chi connectivity index (χ3v) is 10.6. The van der Waals surface area contributed by atoms with Gasteiger partial charge in [0.15, 0.2) is 5.58 Å². The molecule has 0 aliphatic heterocycles. The minimum absolute atomic E-state index is 0.576. The number of hydrogen-bond donors (Lipinski definition) is 0. The van der Waals surface area contributed by atoms with E-state index in [-0.39, 0.29) is 0 Å². The van der Waals surface area contributed by atoms with Crippen LogP contribution >= 0.6 is 0 Å². The van der Waals surface area contributed by atoms with Gasteiger partial charge in [-0.1, -0.05) is 115 Å². The molecule has 12 rings (SSSR count). The predicted octanol–water partition coefficient (Wildman–Crippen LogP) is 12.5. The van der Waals surface area contributed by atoms with Gasteiger partial charge in [-0.05, 0) is 68.7 Å². The lowest BCUT2D eigenvalue weighted by Crippen LogP contribution is -2.03. The summed E-state index contributed by atoms with van der Waals surface area (Å²) in [5, 5.41) is 12.5. The van der Waals surface area contributed by atoms with Crippen LogP contribution in [0.1, 0.15) is 0 Å². The zero-order chi connectivity index (χ0) is 33.2. The Labute approximate surface area is 289 Å². The fraction of sp³-hybridized carbons (Fsp3) is 0. The predicted molar refractivity (Wildman–Crippen MR) is 209 cm³/mol. The Bertz CT molecular complexity index is 3340. The smallest absolute Gasteiger partial charge is 0.236 e. The van der Waals surface area contributed by atoms with Crippen LogP contribution in [0.5, 0.6) is 0 Å². The molecule has 0 unspecified atom stereocenters. The van der Waals surface area contributed by atoms with Crippen LogP contribution in [0, 0.1) is 0 Å². The Kier molecular flexibility index (Phi) is 5.17. The zero-order valence-corrected chi connectivity index (χ0v) is 27.1. The molecule has 0 aliphatic rings. The van der Waals surface area contributed by atoms with Crippen molar-refractivity contribution in [3.05, 3.63) is 152 Å². The number of hydrogen-bond acceptors (Lipinski definition) is 4. The monoisotopic (exact) mass is 651 g/mol. The highest BCUT2D eigenvalue weighted by molar-refractivity contribution is 6.29. The average molecular weight is 652 g/mol. The minimum atomic E-state index is 0.576. The lowest BCUT2D eigenvalue weighted by atomic mass is 9.98. The summed E-state index contributed by atoms with van der Waals surface area (Å²) in [6.07, 6.45) is 0. The Morgan fingerprint density at radius 1 is 0.412 bits per heavy atom. The van der Waals surface area contributed by atoms with Gasteiger partial charge in [-0.15, -0.1) is 0 Å². The number of rotatable bonds is 2. The molecule has 51 heavy (non-hydrogen) atoms. The summed E-state index contributed by atoms with van der Waals surface area (Å²) in [5.41, 5.74) is 7.43. The van der Waals surface area contributed by atoms with Crippen LogP contribution in [-0.4, -0.2) is 14.5 Å². The van der Waals surface area contributed by atoms with E-state index in [1.165, 1.54) is 32.3 Å². The van der Waals surface area contributed by atoms with E-state index in [1.54, 1.807) is 0 Å². The van der Waals surface area contributed by atoms with Crippen molar-refractivity contribution in [2.75, 3.05) is 0 Å². The molecular weight excluding hydrogens is 627 g/mol. The molecule has 0 atom stereocenters. The van der Waals surface area contributed by atoms with Crippen LogP contribution in [0.15, 0.2) is 160 Å². The van der Waals surface area contributed by atoms with E-state index in [0.717, 1.165) is 65.8 Å². The molecular formula is C46H25N3O2. The maximum Gasteiger partial charge on any atom is 0.236 e. The SMILES string of the molecule is c1ccc2c(c1)cc(-c1nc(-n3c4ccc5ccccc5c4c4c5ccccc5ccc43)nc3c1oc1ccccc13)c1oc3ccccc3c12. The summed E-state index contributed by atoms with van der Waals surface area (Å²) in [6.45, 7) is 0. The van der Waals surface area contributed by atoms with Crippen molar-refractivity contribution in [2.24, 2.45) is 0 Å². The first-order chi connectivity index (χ1) is 25.3. The van der Waals surface area contributed by atoms with Crippen molar-refractivity contribution in [1.82, 2.24) is 14.5 Å². The molecule has 4 aromatic heterocycles. The molecule has 0 amide bonds. The molecule has 0 aliphatic carbocycles. The second kappa shape index (κ2) is 9.80. The van der Waals surface area contributed by atoms with Crippen molar-refractivity contribution in [1.29, 1.82) is 0 Å². The molecule has 0 fully saturated rings. The molecule has 0 bridgehead atoms. The second-order valence-corrected chi connectivity index (χ2v) is 13.3. The molecule has 0 saturated heterocycles. The highest BCUT2D eigenvalue weighted by Gasteiger charge is 2.25. The summed E-state index contributed by atoms with van der Waals surface area (Å²) in [6, 6.07) is 53.0. The van der Waals surface area contributed by atoms with Gasteiger partial charge in [0.05, 0.1) is 11.0 Å². The molecule has 0 saturated carbocycles. The van der Waals surface area contributed by atoms with E-state index in [9.17, 15) is 0 Å². The first-order valence-corrected chi connectivity index (χ1v) is 17.2. The summed E-state index contributed by atoms with van der Waals surface area (Å²) < 4.78 is 15.6. The Morgan fingerprint density at radius 3 is 1.59 bits per heavy atom. The fourth-order valence-corrected chi connectivity index (χ4v) is 8.38. The first kappa shape index (κ1) is 26.9. The van der Waals surface area contributed by atoms with Crippen LogP contribution in [0.2, 0.25) is 0 Å². The van der Waals surface area contributed by atoms with E-state index in [2.05, 4.69) is 126 Å². The molecule has 236 valence electrons. The standard InChI is InChI=1S/C46H25N3O2/c1-4-14-29-26(11-1)21-23-35-40(29)41-30-15-5-2-12-27(30)22-24-36(41)49(35)46-47-42-33-18-8-10-20-38(33)51-45(42)43(48-46)34-25-28-13-3-6-16-31(28)39-32-17-7-9-19-37(32)50-44(34)39/h1-25H. The highest BCUT2D eigenvalue weighted by Crippen LogP contribution is 2.45. The Hall–Kier alpha value is -6.98. The van der Waals surface area contributed by atoms with Crippen LogP contribution in [0.25, 0.3) is 115 Å². The number of aromatic nitrogens is 3. The molecule has 4 heterocycles. The summed E-state index contributed by atoms with van der Waals surface area (Å²) >= 11 is 0. The maximum absolute atomic E-state index is 6.73. The van der Waals surface area contributed by atoms with Gasteiger partial charge in [-0.2, -0.15) is 0 Å². The van der Waals surface area contributed by atoms with Gasteiger partial charge in [0, 0.05) is 32.5 Å². The van der Waals surface area contributed by atoms with Crippen molar-refractivity contribution < 1.29 is 8.83 Å². The van der Waals surface area contributed by atoms with Crippen molar-refractivity contribution >= 4 is 98.1 Å². The molecule has 8 aromatic carbocycles. The maximum atomic E-state index is 6.73. The van der Waals surface area contributed by atoms with Crippen molar-refractivity contribution in [3.8, 4) is 17.2 Å². The molecule has 0 spiro atoms. The van der Waals surface area contributed by atoms with Crippen molar-refractivity contribution in [3.63, 3.8) is 0 Å². The topological polar surface area (TPSA) is 57.0 Å². The molecule has 5 nitrogen and oxygen atoms in total. The van der Waals surface area contributed by atoms with E-state index >= 15 is 0 Å². The van der Waals surface area contributed by atoms with E-state index in [4.69, 9.17) is 18.8 Å². The number of fused-ring (bicyclic) bond motifs is 15. The van der Waals surface area contributed by atoms with Crippen molar-refractivity contribution in [2.45, 2.75) is 0 Å². The van der Waals surface area contributed by atoms with Gasteiger partial charge in [0.25, 0.3) is 0 Å². The molecule has 12 aromatic rings. The summed E-state index contributed by atoms with van der Waals surface area (Å²) in [5.74, 6) is 0.576. The van der Waals surface area contributed by atoms with Gasteiger partial charge < -0.3 is 8.83 Å². The van der Waals surface area contributed by atoms with Crippen LogP contribution in [-0.2, 0) is 0 Å². The number of nitrogens with zero attached hydrogens (tertiary/aromatic N) is 3. The number of furan rings is 2. The summed E-state index contributed by atoms with van der Waals surface area (Å²) in [4.78, 5) is 10.9. The van der Waals surface area contributed by atoms with E-state index in [1.807, 2.05) is 30.3 Å². The Morgan fingerprint density at radius 2 is 0.922 bits per heavy atom. The van der Waals surface area contributed by atoms with E-state index in [0.29, 0.717) is 17.2 Å². The second-order valence-electron chi connectivity index (χ2n) is 13.3. The van der Waals surface area contributed by atoms with E-state index < -0.39 is 0 Å². The highest BCUT2D eigenvalue weighted by atomic mass is 16.3. The molecule has 5 heteroatoms. The Balaban J connectivity index is 1.28. The lowest BCUT2D eigenvalue weighted by Gasteiger charge is -2.11. The third-order valence-electron chi connectivity index (χ3n) is 10.6. The van der Waals surface area contributed by atoms with Gasteiger partial charge in [0.2, 0.25) is 5.95 Å². The zero-order valence-electron chi connectivity index (χ0n) is 27.1. The summed E-state index contributed by atoms with van der Waals surface area (Å²) in [7, 11) is 0. The number of benzene rings is 8. The molecule has 0 radical (unpaired) electrons. The van der Waals surface area contributed by atoms with Crippen LogP contribution in [0.4, 0.5) is 0 Å². The third kappa shape index (κ3) is 3.59. The molecule has 0 N–H and O–H groups in total. The largest absolute Gasteiger partial charge is 0.455 e. The van der Waals surface area contributed by atoms with Gasteiger partial charge in [-0.25, -0.2) is 9.97 Å². The van der Waals surface area contributed by atoms with Crippen LogP contribution in [0.3, 0.4) is 0 Å². The first-order valence-electron chi connectivity index (χ1n) is 17.2. The van der Waals surface area contributed by atoms with Gasteiger partial charge in [-0.3, -0.25) is 4.57 Å². The van der Waals surface area contributed by atoms with Crippen LogP contribution < -0.4 is 0 Å². The minimum Gasteiger partial charge on any atom is -0.455 e. The lowest BCUT2D eigenvalue weighted by molar-refractivity contribution is 0.662. The number of para-hydroxylation sites is 2. The average Bonchev–Trinajstić information content (AvgIpc) is 3.87. The fourth-order valence-electron chi connectivity index (χ4n) is 8.38.